The summed E-state index contributed by atoms with van der Waals surface area (Å²) in [6.45, 7) is 7.34. The number of rotatable bonds is 9. The van der Waals surface area contributed by atoms with E-state index in [2.05, 4.69) is 27.3 Å². The Bertz CT molecular complexity index is 1080. The molecule has 7 nitrogen and oxygen atoms in total. The van der Waals surface area contributed by atoms with Crippen molar-refractivity contribution in [3.05, 3.63) is 71.7 Å². The number of nitrogens with zero attached hydrogens (tertiary/aromatic N) is 3. The molecule has 2 aromatic carbocycles. The highest BCUT2D eigenvalue weighted by Crippen LogP contribution is 2.26. The maximum absolute atomic E-state index is 14.0. The van der Waals surface area contributed by atoms with Gasteiger partial charge in [0.2, 0.25) is 5.88 Å². The van der Waals surface area contributed by atoms with Gasteiger partial charge < -0.3 is 15.0 Å². The molecular formula is C26H32FN5O2. The van der Waals surface area contributed by atoms with E-state index in [-0.39, 0.29) is 11.7 Å². The zero-order valence-electron chi connectivity index (χ0n) is 19.5. The van der Waals surface area contributed by atoms with Crippen LogP contribution in [0.2, 0.25) is 0 Å². The first kappa shape index (κ1) is 23.9. The number of anilines is 1. The van der Waals surface area contributed by atoms with Crippen molar-refractivity contribution in [2.45, 2.75) is 25.7 Å². The summed E-state index contributed by atoms with van der Waals surface area (Å²) >= 11 is 0. The second kappa shape index (κ2) is 11.8. The van der Waals surface area contributed by atoms with E-state index >= 15 is 0 Å². The molecule has 1 aliphatic heterocycles. The number of nitrogens with one attached hydrogen (secondary N) is 1. The van der Waals surface area contributed by atoms with Gasteiger partial charge in [-0.15, -0.1) is 0 Å². The number of morpholine rings is 1. The first-order chi connectivity index (χ1) is 16.6. The van der Waals surface area contributed by atoms with Crippen molar-refractivity contribution in [2.24, 2.45) is 10.7 Å². The molecule has 180 valence electrons. The highest BCUT2D eigenvalue weighted by atomic mass is 19.1. The van der Waals surface area contributed by atoms with Crippen LogP contribution in [0.15, 0.2) is 64.1 Å². The third-order valence-corrected chi connectivity index (χ3v) is 6.01. The van der Waals surface area contributed by atoms with Crippen molar-refractivity contribution >= 4 is 11.8 Å². The highest BCUT2D eigenvalue weighted by molar-refractivity contribution is 5.90. The smallest absolute Gasteiger partial charge is 0.231 e. The van der Waals surface area contributed by atoms with E-state index < -0.39 is 0 Å². The summed E-state index contributed by atoms with van der Waals surface area (Å²) in [6, 6.07) is 16.6. The van der Waals surface area contributed by atoms with Gasteiger partial charge in [-0.25, -0.2) is 4.39 Å². The molecule has 2 heterocycles. The Morgan fingerprint density at radius 3 is 2.71 bits per heavy atom. The first-order valence-electron chi connectivity index (χ1n) is 11.8. The van der Waals surface area contributed by atoms with Gasteiger partial charge >= 0.3 is 0 Å². The average molecular weight is 466 g/mol. The molecule has 3 N–H and O–H groups in total. The summed E-state index contributed by atoms with van der Waals surface area (Å²) < 4.78 is 24.8. The van der Waals surface area contributed by atoms with E-state index in [1.54, 1.807) is 12.1 Å². The topological polar surface area (TPSA) is 88.9 Å². The quantitative estimate of drug-likeness (QED) is 0.279. The molecule has 4 rings (SSSR count). The van der Waals surface area contributed by atoms with Gasteiger partial charge in [0, 0.05) is 37.8 Å². The average Bonchev–Trinajstić information content (AvgIpc) is 3.29. The molecule has 34 heavy (non-hydrogen) atoms. The van der Waals surface area contributed by atoms with Crippen LogP contribution in [0, 0.1) is 5.82 Å². The summed E-state index contributed by atoms with van der Waals surface area (Å²) in [7, 11) is 0. The molecule has 0 aliphatic carbocycles. The molecule has 1 saturated heterocycles. The van der Waals surface area contributed by atoms with Crippen molar-refractivity contribution < 1.29 is 13.7 Å². The number of aliphatic imine (C=N–C) groups is 1. The number of halogens is 1. The maximum Gasteiger partial charge on any atom is 0.231 e. The number of benzene rings is 2. The molecule has 1 atom stereocenters. The fourth-order valence-corrected chi connectivity index (χ4v) is 4.07. The molecule has 3 aromatic rings. The molecule has 1 aromatic heterocycles. The lowest BCUT2D eigenvalue weighted by molar-refractivity contribution is 0.0377. The van der Waals surface area contributed by atoms with Crippen LogP contribution in [-0.2, 0) is 11.2 Å². The van der Waals surface area contributed by atoms with Gasteiger partial charge in [-0.2, -0.15) is 0 Å². The number of guanidine groups is 1. The number of hydrogen-bond donors (Lipinski definition) is 2. The molecule has 0 radical (unpaired) electrons. The monoisotopic (exact) mass is 465 g/mol. The minimum absolute atomic E-state index is 0.217. The summed E-state index contributed by atoms with van der Waals surface area (Å²) in [5, 5.41) is 7.13. The highest BCUT2D eigenvalue weighted by Gasteiger charge is 2.13. The summed E-state index contributed by atoms with van der Waals surface area (Å²) in [5.74, 6) is 0.803. The van der Waals surface area contributed by atoms with E-state index in [0.29, 0.717) is 30.4 Å². The van der Waals surface area contributed by atoms with Crippen molar-refractivity contribution in [3.63, 3.8) is 0 Å². The van der Waals surface area contributed by atoms with Gasteiger partial charge in [0.05, 0.1) is 18.9 Å². The van der Waals surface area contributed by atoms with Crippen LogP contribution < -0.4 is 11.1 Å². The molecule has 1 fully saturated rings. The Morgan fingerprint density at radius 2 is 1.94 bits per heavy atom. The second-order valence-corrected chi connectivity index (χ2v) is 8.59. The Morgan fingerprint density at radius 1 is 1.18 bits per heavy atom. The maximum atomic E-state index is 14.0. The van der Waals surface area contributed by atoms with Gasteiger partial charge in [0.1, 0.15) is 5.82 Å². The van der Waals surface area contributed by atoms with Crippen LogP contribution >= 0.6 is 0 Å². The van der Waals surface area contributed by atoms with Crippen LogP contribution in [0.5, 0.6) is 0 Å². The zero-order valence-corrected chi connectivity index (χ0v) is 19.5. The predicted molar refractivity (Wildman–Crippen MR) is 132 cm³/mol. The Balaban J connectivity index is 1.25. The van der Waals surface area contributed by atoms with Gasteiger partial charge in [-0.1, -0.05) is 54.5 Å². The molecule has 1 unspecified atom stereocenters. The fraction of sp³-hybridized carbons (Fsp3) is 0.385. The number of nitrogens with two attached hydrogens (primary N) is 1. The van der Waals surface area contributed by atoms with Crippen molar-refractivity contribution in [1.29, 1.82) is 0 Å². The molecule has 1 aliphatic rings. The summed E-state index contributed by atoms with van der Waals surface area (Å²) in [5.41, 5.74) is 9.44. The summed E-state index contributed by atoms with van der Waals surface area (Å²) in [6.07, 6.45) is 1.65. The van der Waals surface area contributed by atoms with Crippen molar-refractivity contribution in [3.8, 4) is 11.1 Å². The van der Waals surface area contributed by atoms with E-state index in [0.717, 1.165) is 56.1 Å². The van der Waals surface area contributed by atoms with Crippen LogP contribution in [0.25, 0.3) is 11.1 Å². The lowest BCUT2D eigenvalue weighted by Gasteiger charge is -2.26. The van der Waals surface area contributed by atoms with Crippen LogP contribution in [0.4, 0.5) is 10.3 Å². The van der Waals surface area contributed by atoms with Crippen molar-refractivity contribution in [2.75, 3.05) is 44.7 Å². The lowest BCUT2D eigenvalue weighted by atomic mass is 9.94. The van der Waals surface area contributed by atoms with Gasteiger partial charge in [-0.3, -0.25) is 15.2 Å². The standard InChI is InChI=1S/C26H32FN5O2/c1-19(20-7-9-21(10-8-20)23-5-2-3-6-24(23)27)17-22-18-25(34-31-22)30-26(28)29-11-4-12-32-13-15-33-16-14-32/h2-3,5-10,18-19H,4,11-17H2,1H3,(H3,28,29,30). The van der Waals surface area contributed by atoms with E-state index in [9.17, 15) is 4.39 Å². The second-order valence-electron chi connectivity index (χ2n) is 8.59. The van der Waals surface area contributed by atoms with Crippen molar-refractivity contribution in [1.82, 2.24) is 10.1 Å². The minimum atomic E-state index is -0.217. The number of aromatic nitrogens is 1. The first-order valence-corrected chi connectivity index (χ1v) is 11.8. The lowest BCUT2D eigenvalue weighted by Crippen LogP contribution is -2.37. The Labute approximate surface area is 199 Å². The van der Waals surface area contributed by atoms with Gasteiger partial charge in [0.25, 0.3) is 0 Å². The molecule has 0 saturated carbocycles. The largest absolute Gasteiger partial charge is 0.379 e. The van der Waals surface area contributed by atoms with E-state index in [1.807, 2.05) is 36.4 Å². The molecule has 0 spiro atoms. The predicted octanol–water partition coefficient (Wildman–Crippen LogP) is 4.28. The number of hydrogen-bond acceptors (Lipinski definition) is 5. The molecule has 0 bridgehead atoms. The van der Waals surface area contributed by atoms with E-state index in [4.69, 9.17) is 15.0 Å². The van der Waals surface area contributed by atoms with E-state index in [1.165, 1.54) is 6.07 Å². The molecule has 8 heteroatoms. The van der Waals surface area contributed by atoms with Crippen LogP contribution in [0.1, 0.15) is 30.5 Å². The fourth-order valence-electron chi connectivity index (χ4n) is 4.07. The van der Waals surface area contributed by atoms with Gasteiger partial charge in [0.15, 0.2) is 5.96 Å². The Hall–Kier alpha value is -3.23. The summed E-state index contributed by atoms with van der Waals surface area (Å²) in [4.78, 5) is 6.75. The number of ether oxygens (including phenoxy) is 1. The van der Waals surface area contributed by atoms with Crippen LogP contribution in [0.3, 0.4) is 0 Å². The normalized spacial score (nSPS) is 15.9. The third kappa shape index (κ3) is 6.65. The van der Waals surface area contributed by atoms with Crippen LogP contribution in [-0.4, -0.2) is 55.4 Å². The SMILES string of the molecule is CC(Cc1cc(NC(N)=NCCCN2CCOCC2)on1)c1ccc(-c2ccccc2F)cc1. The zero-order chi connectivity index (χ0) is 23.8. The minimum Gasteiger partial charge on any atom is -0.379 e. The molecular weight excluding hydrogens is 433 g/mol. The third-order valence-electron chi connectivity index (χ3n) is 6.01. The Kier molecular flexibility index (Phi) is 8.27. The molecule has 0 amide bonds. The van der Waals surface area contributed by atoms with Gasteiger partial charge in [-0.05, 0) is 36.0 Å².